The zero-order chi connectivity index (χ0) is 21.1. The number of hydrogen-bond acceptors (Lipinski definition) is 3. The van der Waals surface area contributed by atoms with Crippen LogP contribution in [-0.4, -0.2) is 29.8 Å². The van der Waals surface area contributed by atoms with E-state index in [1.165, 1.54) is 24.3 Å². The van der Waals surface area contributed by atoms with Gasteiger partial charge < -0.3 is 15.2 Å². The molecule has 152 valence electrons. The predicted octanol–water partition coefficient (Wildman–Crippen LogP) is 4.36. The lowest BCUT2D eigenvalue weighted by Gasteiger charge is -2.17. The highest BCUT2D eigenvalue weighted by Gasteiger charge is 2.29. The Kier molecular flexibility index (Phi) is 5.48. The number of fused-ring (bicyclic) bond motifs is 3. The van der Waals surface area contributed by atoms with Gasteiger partial charge in [0.2, 0.25) is 0 Å². The van der Waals surface area contributed by atoms with Crippen LogP contribution in [0.3, 0.4) is 0 Å². The maximum absolute atomic E-state index is 13.0. The molecule has 0 heterocycles. The molecule has 4 rings (SSSR count). The fourth-order valence-corrected chi connectivity index (χ4v) is 3.84. The molecule has 2 N–H and O–H groups in total. The van der Waals surface area contributed by atoms with Crippen LogP contribution in [0.25, 0.3) is 11.1 Å². The number of carbonyl (C=O) groups excluding carboxylic acids is 1. The van der Waals surface area contributed by atoms with Crippen molar-refractivity contribution >= 4 is 12.1 Å². The van der Waals surface area contributed by atoms with Crippen molar-refractivity contribution in [2.24, 2.45) is 0 Å². The summed E-state index contributed by atoms with van der Waals surface area (Å²) in [5.41, 5.74) is 4.98. The Labute approximate surface area is 173 Å². The van der Waals surface area contributed by atoms with Crippen molar-refractivity contribution in [1.82, 2.24) is 5.32 Å². The van der Waals surface area contributed by atoms with Gasteiger partial charge in [-0.15, -0.1) is 0 Å². The third-order valence-corrected chi connectivity index (χ3v) is 5.29. The normalized spacial score (nSPS) is 13.2. The van der Waals surface area contributed by atoms with Crippen LogP contribution in [0.1, 0.15) is 22.6 Å². The summed E-state index contributed by atoms with van der Waals surface area (Å²) in [6.45, 7) is 0.0999. The van der Waals surface area contributed by atoms with Crippen LogP contribution in [0.15, 0.2) is 72.8 Å². The summed E-state index contributed by atoms with van der Waals surface area (Å²) in [5, 5.41) is 11.8. The molecule has 1 amide bonds. The molecule has 0 radical (unpaired) electrons. The molecular weight excluding hydrogens is 385 g/mol. The molecule has 6 heteroatoms. The van der Waals surface area contributed by atoms with Crippen molar-refractivity contribution in [3.05, 3.63) is 95.3 Å². The molecule has 0 aliphatic heterocycles. The fraction of sp³-hybridized carbons (Fsp3) is 0.167. The van der Waals surface area contributed by atoms with Crippen LogP contribution >= 0.6 is 0 Å². The van der Waals surface area contributed by atoms with Gasteiger partial charge in [0.15, 0.2) is 0 Å². The number of halogens is 1. The number of amides is 1. The summed E-state index contributed by atoms with van der Waals surface area (Å²) in [6.07, 6.45) is -0.772. The Balaban J connectivity index is 1.43. The molecule has 0 bridgehead atoms. The van der Waals surface area contributed by atoms with E-state index in [-0.39, 0.29) is 18.9 Å². The molecule has 0 saturated carbocycles. The summed E-state index contributed by atoms with van der Waals surface area (Å²) >= 11 is 0. The summed E-state index contributed by atoms with van der Waals surface area (Å²) in [7, 11) is 0. The highest BCUT2D eigenvalue weighted by Crippen LogP contribution is 2.44. The zero-order valence-corrected chi connectivity index (χ0v) is 16.0. The number of nitrogens with one attached hydrogen (secondary N) is 1. The molecule has 0 spiro atoms. The molecule has 1 atom stereocenters. The zero-order valence-electron chi connectivity index (χ0n) is 16.0. The van der Waals surface area contributed by atoms with Crippen LogP contribution in [0.4, 0.5) is 9.18 Å². The first kappa shape index (κ1) is 19.6. The van der Waals surface area contributed by atoms with Gasteiger partial charge in [-0.2, -0.15) is 0 Å². The van der Waals surface area contributed by atoms with Crippen LogP contribution in [0.5, 0.6) is 0 Å². The number of alkyl carbamates (subject to hydrolysis) is 1. The number of carbonyl (C=O) groups is 2. The highest BCUT2D eigenvalue weighted by atomic mass is 19.1. The molecule has 5 nitrogen and oxygen atoms in total. The topological polar surface area (TPSA) is 75.6 Å². The van der Waals surface area contributed by atoms with Crippen molar-refractivity contribution < 1.29 is 23.8 Å². The molecule has 0 saturated heterocycles. The molecule has 0 aromatic heterocycles. The standard InChI is InChI=1S/C24H20FNO4/c25-16-11-9-15(10-12-16)13-22(23(27)28)26-24(29)30-14-21-19-7-3-1-5-17(19)18-6-2-4-8-20(18)21/h1-12,21-22H,13-14H2,(H,26,29)(H,27,28)/t22-/m1/s1. The maximum atomic E-state index is 13.0. The van der Waals surface area contributed by atoms with Gasteiger partial charge in [-0.05, 0) is 39.9 Å². The van der Waals surface area contributed by atoms with Crippen LogP contribution in [-0.2, 0) is 16.0 Å². The quantitative estimate of drug-likeness (QED) is 0.639. The molecule has 3 aromatic carbocycles. The average Bonchev–Trinajstić information content (AvgIpc) is 3.07. The number of aliphatic carboxylic acids is 1. The summed E-state index contributed by atoms with van der Waals surface area (Å²) in [6, 6.07) is 20.2. The monoisotopic (exact) mass is 405 g/mol. The first-order valence-electron chi connectivity index (χ1n) is 9.61. The Morgan fingerprint density at radius 2 is 1.50 bits per heavy atom. The lowest BCUT2D eigenvalue weighted by atomic mass is 9.98. The first-order chi connectivity index (χ1) is 14.5. The highest BCUT2D eigenvalue weighted by molar-refractivity contribution is 5.81. The summed E-state index contributed by atoms with van der Waals surface area (Å²) in [4.78, 5) is 23.9. The molecular formula is C24H20FNO4. The average molecular weight is 405 g/mol. The van der Waals surface area contributed by atoms with E-state index in [1.54, 1.807) is 0 Å². The number of hydrogen-bond donors (Lipinski definition) is 2. The van der Waals surface area contributed by atoms with Gasteiger partial charge in [0.25, 0.3) is 0 Å². The number of ether oxygens (including phenoxy) is 1. The number of benzene rings is 3. The number of carboxylic acid groups (broad SMARTS) is 1. The van der Waals surface area contributed by atoms with E-state index in [1.807, 2.05) is 48.5 Å². The molecule has 0 fully saturated rings. The molecule has 1 aliphatic rings. The Morgan fingerprint density at radius 3 is 2.07 bits per heavy atom. The van der Waals surface area contributed by atoms with Gasteiger partial charge in [0.1, 0.15) is 18.5 Å². The van der Waals surface area contributed by atoms with Gasteiger partial charge >= 0.3 is 12.1 Å². The number of rotatable bonds is 6. The second-order valence-electron chi connectivity index (χ2n) is 7.19. The van der Waals surface area contributed by atoms with Crippen molar-refractivity contribution in [3.63, 3.8) is 0 Å². The first-order valence-corrected chi connectivity index (χ1v) is 9.61. The maximum Gasteiger partial charge on any atom is 0.407 e. The largest absolute Gasteiger partial charge is 0.480 e. The van der Waals surface area contributed by atoms with Gasteiger partial charge in [-0.1, -0.05) is 60.7 Å². The minimum absolute atomic E-state index is 0.0276. The molecule has 3 aromatic rings. The van der Waals surface area contributed by atoms with Gasteiger partial charge in [-0.3, -0.25) is 0 Å². The Bertz CT molecular complexity index is 1040. The third kappa shape index (κ3) is 4.03. The second kappa shape index (κ2) is 8.37. The minimum atomic E-state index is -1.19. The van der Waals surface area contributed by atoms with Gasteiger partial charge in [0, 0.05) is 12.3 Å². The molecule has 0 unspecified atom stereocenters. The smallest absolute Gasteiger partial charge is 0.407 e. The van der Waals surface area contributed by atoms with Crippen molar-refractivity contribution in [3.8, 4) is 11.1 Å². The minimum Gasteiger partial charge on any atom is -0.480 e. The lowest BCUT2D eigenvalue weighted by Crippen LogP contribution is -2.42. The van der Waals surface area contributed by atoms with Crippen LogP contribution < -0.4 is 5.32 Å². The SMILES string of the molecule is O=C(N[C@H](Cc1ccc(F)cc1)C(=O)O)OCC1c2ccccc2-c2ccccc21. The summed E-state index contributed by atoms with van der Waals surface area (Å²) < 4.78 is 18.4. The van der Waals surface area contributed by atoms with Crippen LogP contribution in [0.2, 0.25) is 0 Å². The molecule has 30 heavy (non-hydrogen) atoms. The van der Waals surface area contributed by atoms with Gasteiger partial charge in [-0.25, -0.2) is 14.0 Å². The van der Waals surface area contributed by atoms with Crippen LogP contribution in [0, 0.1) is 5.82 Å². The fourth-order valence-electron chi connectivity index (χ4n) is 3.84. The van der Waals surface area contributed by atoms with E-state index in [0.717, 1.165) is 22.3 Å². The van der Waals surface area contributed by atoms with Crippen molar-refractivity contribution in [1.29, 1.82) is 0 Å². The van der Waals surface area contributed by atoms with E-state index in [0.29, 0.717) is 5.56 Å². The predicted molar refractivity (Wildman–Crippen MR) is 110 cm³/mol. The van der Waals surface area contributed by atoms with E-state index < -0.39 is 23.9 Å². The lowest BCUT2D eigenvalue weighted by molar-refractivity contribution is -0.139. The van der Waals surface area contributed by atoms with E-state index in [2.05, 4.69) is 5.32 Å². The Hall–Kier alpha value is -3.67. The van der Waals surface area contributed by atoms with E-state index >= 15 is 0 Å². The third-order valence-electron chi connectivity index (χ3n) is 5.29. The second-order valence-corrected chi connectivity index (χ2v) is 7.19. The Morgan fingerprint density at radius 1 is 0.933 bits per heavy atom. The van der Waals surface area contributed by atoms with E-state index in [4.69, 9.17) is 4.74 Å². The van der Waals surface area contributed by atoms with Crippen molar-refractivity contribution in [2.75, 3.05) is 6.61 Å². The molecule has 1 aliphatic carbocycles. The van der Waals surface area contributed by atoms with E-state index in [9.17, 15) is 19.1 Å². The number of carboxylic acids is 1. The summed E-state index contributed by atoms with van der Waals surface area (Å²) in [5.74, 6) is -1.70. The van der Waals surface area contributed by atoms with Gasteiger partial charge in [0.05, 0.1) is 0 Å². The van der Waals surface area contributed by atoms with Crippen molar-refractivity contribution in [2.45, 2.75) is 18.4 Å².